The van der Waals surface area contributed by atoms with Crippen LogP contribution < -0.4 is 5.32 Å². The minimum atomic E-state index is -0.526. The number of nitro benzene ring substituents is 1. The lowest BCUT2D eigenvalue weighted by molar-refractivity contribution is -0.384. The maximum absolute atomic E-state index is 10.7. The average molecular weight is 302 g/mol. The van der Waals surface area contributed by atoms with Gasteiger partial charge >= 0.3 is 0 Å². The lowest BCUT2D eigenvalue weighted by Gasteiger charge is -2.17. The second-order valence-electron chi connectivity index (χ2n) is 4.49. The van der Waals surface area contributed by atoms with Gasteiger partial charge < -0.3 is 5.32 Å². The largest absolute Gasteiger partial charge is 0.377 e. The van der Waals surface area contributed by atoms with Gasteiger partial charge in [-0.25, -0.2) is 0 Å². The molecule has 1 N–H and O–H groups in total. The first-order valence-corrected chi connectivity index (χ1v) is 6.60. The number of anilines is 1. The smallest absolute Gasteiger partial charge is 0.270 e. The molecule has 0 spiro atoms. The standard InChI is InChI=1S/C15H12ClN3O2/c1-10(13-4-2-3-5-14(13)16)18-15-7-6-12(19(20)21)8-11(15)9-17/h2-8,10,18H,1H3/t10-/m0/s1. The number of hydrogen-bond acceptors (Lipinski definition) is 4. The van der Waals surface area contributed by atoms with E-state index in [1.54, 1.807) is 6.07 Å². The Morgan fingerprint density at radius 3 is 2.67 bits per heavy atom. The van der Waals surface area contributed by atoms with Crippen molar-refractivity contribution in [2.45, 2.75) is 13.0 Å². The molecule has 0 heterocycles. The lowest BCUT2D eigenvalue weighted by atomic mass is 10.1. The summed E-state index contributed by atoms with van der Waals surface area (Å²) >= 11 is 6.13. The minimum absolute atomic E-state index is 0.109. The van der Waals surface area contributed by atoms with Crippen molar-refractivity contribution in [3.05, 3.63) is 68.7 Å². The topological polar surface area (TPSA) is 79.0 Å². The van der Waals surface area contributed by atoms with Gasteiger partial charge in [-0.2, -0.15) is 5.26 Å². The van der Waals surface area contributed by atoms with E-state index in [9.17, 15) is 10.1 Å². The number of nitrogens with one attached hydrogen (secondary N) is 1. The summed E-state index contributed by atoms with van der Waals surface area (Å²) in [6.07, 6.45) is 0. The molecular formula is C15H12ClN3O2. The number of nitriles is 1. The highest BCUT2D eigenvalue weighted by atomic mass is 35.5. The van der Waals surface area contributed by atoms with Crippen LogP contribution in [-0.2, 0) is 0 Å². The molecule has 6 heteroatoms. The van der Waals surface area contributed by atoms with Gasteiger partial charge in [0.1, 0.15) is 6.07 Å². The third kappa shape index (κ3) is 3.30. The fourth-order valence-electron chi connectivity index (χ4n) is 2.00. The van der Waals surface area contributed by atoms with Crippen molar-refractivity contribution in [3.63, 3.8) is 0 Å². The van der Waals surface area contributed by atoms with E-state index in [-0.39, 0.29) is 17.3 Å². The summed E-state index contributed by atoms with van der Waals surface area (Å²) in [4.78, 5) is 10.2. The summed E-state index contributed by atoms with van der Waals surface area (Å²) in [6.45, 7) is 1.91. The fourth-order valence-corrected chi connectivity index (χ4v) is 2.30. The van der Waals surface area contributed by atoms with Crippen molar-refractivity contribution in [2.24, 2.45) is 0 Å². The van der Waals surface area contributed by atoms with Crippen LogP contribution in [0.15, 0.2) is 42.5 Å². The Labute approximate surface area is 126 Å². The molecule has 0 saturated heterocycles. The van der Waals surface area contributed by atoms with Crippen molar-refractivity contribution in [1.29, 1.82) is 5.26 Å². The van der Waals surface area contributed by atoms with E-state index in [0.29, 0.717) is 10.7 Å². The van der Waals surface area contributed by atoms with Gasteiger partial charge in [0, 0.05) is 17.2 Å². The van der Waals surface area contributed by atoms with Crippen LogP contribution >= 0.6 is 11.6 Å². The SMILES string of the molecule is C[C@H](Nc1ccc([N+](=O)[O-])cc1C#N)c1ccccc1Cl. The molecule has 0 amide bonds. The minimum Gasteiger partial charge on any atom is -0.377 e. The van der Waals surface area contributed by atoms with E-state index in [1.807, 2.05) is 31.2 Å². The van der Waals surface area contributed by atoms with Crippen LogP contribution in [0, 0.1) is 21.4 Å². The van der Waals surface area contributed by atoms with E-state index < -0.39 is 4.92 Å². The van der Waals surface area contributed by atoms with Gasteiger partial charge in [-0.3, -0.25) is 10.1 Å². The highest BCUT2D eigenvalue weighted by molar-refractivity contribution is 6.31. The summed E-state index contributed by atoms with van der Waals surface area (Å²) in [5.74, 6) is 0. The third-order valence-electron chi connectivity index (χ3n) is 3.08. The van der Waals surface area contributed by atoms with Gasteiger partial charge in [0.05, 0.1) is 22.2 Å². The molecule has 0 saturated carbocycles. The number of rotatable bonds is 4. The van der Waals surface area contributed by atoms with Crippen LogP contribution in [-0.4, -0.2) is 4.92 Å². The molecule has 2 aromatic rings. The third-order valence-corrected chi connectivity index (χ3v) is 3.42. The number of hydrogen-bond donors (Lipinski definition) is 1. The molecule has 0 aliphatic carbocycles. The molecule has 0 fully saturated rings. The van der Waals surface area contributed by atoms with Crippen molar-refractivity contribution in [2.75, 3.05) is 5.32 Å². The van der Waals surface area contributed by atoms with Gasteiger partial charge in [0.25, 0.3) is 5.69 Å². The second kappa shape index (κ2) is 6.25. The molecule has 106 valence electrons. The zero-order valence-corrected chi connectivity index (χ0v) is 12.0. The van der Waals surface area contributed by atoms with Gasteiger partial charge in [0.15, 0.2) is 0 Å². The Bertz CT molecular complexity index is 725. The molecule has 0 bridgehead atoms. The number of nitro groups is 1. The van der Waals surface area contributed by atoms with Gasteiger partial charge in [-0.15, -0.1) is 0 Å². The zero-order chi connectivity index (χ0) is 15.4. The molecule has 0 aliphatic heterocycles. The normalized spacial score (nSPS) is 11.5. The van der Waals surface area contributed by atoms with E-state index in [1.165, 1.54) is 18.2 Å². The molecule has 2 rings (SSSR count). The zero-order valence-electron chi connectivity index (χ0n) is 11.2. The molecule has 21 heavy (non-hydrogen) atoms. The Morgan fingerprint density at radius 2 is 2.05 bits per heavy atom. The van der Waals surface area contributed by atoms with Crippen LogP contribution in [0.5, 0.6) is 0 Å². The maximum Gasteiger partial charge on any atom is 0.270 e. The van der Waals surface area contributed by atoms with Gasteiger partial charge in [-0.05, 0) is 24.6 Å². The molecule has 0 radical (unpaired) electrons. The Balaban J connectivity index is 2.30. The molecular weight excluding hydrogens is 290 g/mol. The molecule has 5 nitrogen and oxygen atoms in total. The summed E-state index contributed by atoms with van der Waals surface area (Å²) in [7, 11) is 0. The van der Waals surface area contributed by atoms with Crippen molar-refractivity contribution in [1.82, 2.24) is 0 Å². The highest BCUT2D eigenvalue weighted by Gasteiger charge is 2.14. The van der Waals surface area contributed by atoms with Crippen LogP contribution in [0.2, 0.25) is 5.02 Å². The van der Waals surface area contributed by atoms with Crippen molar-refractivity contribution < 1.29 is 4.92 Å². The first-order valence-electron chi connectivity index (χ1n) is 6.22. The quantitative estimate of drug-likeness (QED) is 0.674. The molecule has 1 atom stereocenters. The summed E-state index contributed by atoms with van der Waals surface area (Å²) < 4.78 is 0. The van der Waals surface area contributed by atoms with E-state index in [0.717, 1.165) is 5.56 Å². The first-order chi connectivity index (χ1) is 10.0. The Morgan fingerprint density at radius 1 is 1.33 bits per heavy atom. The summed E-state index contributed by atoms with van der Waals surface area (Å²) in [6, 6.07) is 13.4. The van der Waals surface area contributed by atoms with E-state index in [2.05, 4.69) is 5.32 Å². The predicted octanol–water partition coefficient (Wildman–Crippen LogP) is 4.29. The number of benzene rings is 2. The molecule has 2 aromatic carbocycles. The van der Waals surface area contributed by atoms with Crippen molar-refractivity contribution >= 4 is 23.0 Å². The second-order valence-corrected chi connectivity index (χ2v) is 4.89. The van der Waals surface area contributed by atoms with Crippen LogP contribution in [0.4, 0.5) is 11.4 Å². The van der Waals surface area contributed by atoms with E-state index in [4.69, 9.17) is 16.9 Å². The highest BCUT2D eigenvalue weighted by Crippen LogP contribution is 2.28. The number of halogens is 1. The van der Waals surface area contributed by atoms with Crippen LogP contribution in [0.25, 0.3) is 0 Å². The number of non-ortho nitro benzene ring substituents is 1. The molecule has 0 unspecified atom stereocenters. The van der Waals surface area contributed by atoms with Gasteiger partial charge in [0.2, 0.25) is 0 Å². The van der Waals surface area contributed by atoms with E-state index >= 15 is 0 Å². The summed E-state index contributed by atoms with van der Waals surface area (Å²) in [5, 5.41) is 23.6. The van der Waals surface area contributed by atoms with Crippen LogP contribution in [0.3, 0.4) is 0 Å². The number of nitrogens with zero attached hydrogens (tertiary/aromatic N) is 2. The Hall–Kier alpha value is -2.58. The maximum atomic E-state index is 10.7. The average Bonchev–Trinajstić information content (AvgIpc) is 2.47. The first kappa shape index (κ1) is 14.8. The lowest BCUT2D eigenvalue weighted by Crippen LogP contribution is -2.08. The summed E-state index contributed by atoms with van der Waals surface area (Å²) in [5.41, 5.74) is 1.54. The fraction of sp³-hybridized carbons (Fsp3) is 0.133. The molecule has 0 aliphatic rings. The van der Waals surface area contributed by atoms with Crippen LogP contribution in [0.1, 0.15) is 24.1 Å². The monoisotopic (exact) mass is 301 g/mol. The van der Waals surface area contributed by atoms with Gasteiger partial charge in [-0.1, -0.05) is 29.8 Å². The predicted molar refractivity (Wildman–Crippen MR) is 81.3 cm³/mol. The van der Waals surface area contributed by atoms with Crippen molar-refractivity contribution in [3.8, 4) is 6.07 Å². The Kier molecular flexibility index (Phi) is 4.41. The molecule has 0 aromatic heterocycles.